The smallest absolute Gasteiger partial charge is 0.253 e. The maximum absolute atomic E-state index is 12.2. The maximum atomic E-state index is 12.2. The molecule has 1 heterocycles. The molecule has 0 saturated carbocycles. The monoisotopic (exact) mass is 318 g/mol. The molecule has 1 aromatic rings. The lowest BCUT2D eigenvalue weighted by Crippen LogP contribution is -2.39. The molecule has 1 amide bonds. The average molecular weight is 319 g/mol. The van der Waals surface area contributed by atoms with Gasteiger partial charge in [0.1, 0.15) is 0 Å². The largest absolute Gasteiger partial charge is 0.376 e. The molecule has 1 saturated heterocycles. The Balaban J connectivity index is 2.25. The van der Waals surface area contributed by atoms with Crippen LogP contribution in [-0.2, 0) is 14.8 Å². The van der Waals surface area contributed by atoms with Gasteiger partial charge in [-0.25, -0.2) is 13.6 Å². The molecule has 2 atom stereocenters. The number of hydrogen-bond acceptors (Lipinski definition) is 4. The maximum Gasteiger partial charge on any atom is 0.253 e. The minimum Gasteiger partial charge on any atom is -0.376 e. The molecule has 20 heavy (non-hydrogen) atoms. The Kier molecular flexibility index (Phi) is 4.33. The molecule has 2 unspecified atom stereocenters. The highest BCUT2D eigenvalue weighted by Gasteiger charge is 2.27. The number of nitrogens with one attached hydrogen (secondary N) is 1. The predicted molar refractivity (Wildman–Crippen MR) is 74.1 cm³/mol. The summed E-state index contributed by atoms with van der Waals surface area (Å²) in [5.74, 6) is -0.442. The highest BCUT2D eigenvalue weighted by Crippen LogP contribution is 2.21. The van der Waals surface area contributed by atoms with E-state index in [-0.39, 0.29) is 27.6 Å². The van der Waals surface area contributed by atoms with Crippen LogP contribution in [0.5, 0.6) is 0 Å². The number of amides is 1. The Hall–Kier alpha value is -1.15. The van der Waals surface area contributed by atoms with Gasteiger partial charge in [-0.1, -0.05) is 11.6 Å². The normalized spacial score (nSPS) is 22.8. The third-order valence-corrected chi connectivity index (χ3v) is 4.44. The van der Waals surface area contributed by atoms with Crippen molar-refractivity contribution < 1.29 is 17.9 Å². The predicted octanol–water partition coefficient (Wildman–Crippen LogP) is 0.895. The lowest BCUT2D eigenvalue weighted by molar-refractivity contribution is 0.0866. The highest BCUT2D eigenvalue weighted by molar-refractivity contribution is 7.89. The molecule has 6 nitrogen and oxygen atoms in total. The van der Waals surface area contributed by atoms with Gasteiger partial charge in [0.15, 0.2) is 0 Å². The van der Waals surface area contributed by atoms with Gasteiger partial charge in [-0.05, 0) is 31.5 Å². The van der Waals surface area contributed by atoms with E-state index < -0.39 is 15.9 Å². The van der Waals surface area contributed by atoms with Crippen molar-refractivity contribution in [1.29, 1.82) is 0 Å². The van der Waals surface area contributed by atoms with Gasteiger partial charge in [-0.2, -0.15) is 0 Å². The summed E-state index contributed by atoms with van der Waals surface area (Å²) in [7, 11) is -3.88. The second kappa shape index (κ2) is 5.69. The van der Waals surface area contributed by atoms with Crippen molar-refractivity contribution in [3.8, 4) is 0 Å². The average Bonchev–Trinajstić information content (AvgIpc) is 2.74. The van der Waals surface area contributed by atoms with Crippen LogP contribution in [0.2, 0.25) is 5.02 Å². The molecule has 0 bridgehead atoms. The molecule has 0 aromatic heterocycles. The molecule has 8 heteroatoms. The van der Waals surface area contributed by atoms with E-state index in [4.69, 9.17) is 21.5 Å². The van der Waals surface area contributed by atoms with E-state index in [2.05, 4.69) is 5.32 Å². The van der Waals surface area contributed by atoms with Crippen LogP contribution in [0.4, 0.5) is 0 Å². The van der Waals surface area contributed by atoms with Gasteiger partial charge < -0.3 is 10.1 Å². The van der Waals surface area contributed by atoms with Gasteiger partial charge >= 0.3 is 0 Å². The molecule has 2 rings (SSSR count). The Labute approximate surface area is 122 Å². The third kappa shape index (κ3) is 3.29. The Morgan fingerprint density at radius 1 is 1.50 bits per heavy atom. The number of sulfonamides is 1. The zero-order valence-electron chi connectivity index (χ0n) is 10.8. The van der Waals surface area contributed by atoms with Crippen LogP contribution in [0.3, 0.4) is 0 Å². The van der Waals surface area contributed by atoms with Gasteiger partial charge in [-0.3, -0.25) is 4.79 Å². The first-order chi connectivity index (χ1) is 9.29. The minimum atomic E-state index is -3.88. The molecule has 110 valence electrons. The van der Waals surface area contributed by atoms with Crippen molar-refractivity contribution in [2.75, 3.05) is 6.61 Å². The topological polar surface area (TPSA) is 98.5 Å². The van der Waals surface area contributed by atoms with Crippen LogP contribution in [0.15, 0.2) is 23.1 Å². The van der Waals surface area contributed by atoms with Gasteiger partial charge in [0, 0.05) is 6.61 Å². The van der Waals surface area contributed by atoms with Crippen molar-refractivity contribution in [3.05, 3.63) is 28.8 Å². The number of carbonyl (C=O) groups excluding carboxylic acids is 1. The van der Waals surface area contributed by atoms with Crippen molar-refractivity contribution >= 4 is 27.5 Å². The fourth-order valence-corrected chi connectivity index (χ4v) is 2.77. The van der Waals surface area contributed by atoms with Crippen LogP contribution in [0.25, 0.3) is 0 Å². The summed E-state index contributed by atoms with van der Waals surface area (Å²) >= 11 is 5.94. The number of rotatable bonds is 3. The van der Waals surface area contributed by atoms with Crippen LogP contribution >= 0.6 is 11.6 Å². The van der Waals surface area contributed by atoms with Crippen LogP contribution < -0.4 is 10.5 Å². The number of primary sulfonamides is 1. The SMILES string of the molecule is CC1OCCC1NC(=O)c1cc(S(N)(=O)=O)ccc1Cl. The Morgan fingerprint density at radius 3 is 2.75 bits per heavy atom. The van der Waals surface area contributed by atoms with Crippen LogP contribution in [0, 0.1) is 0 Å². The molecule has 1 aromatic carbocycles. The summed E-state index contributed by atoms with van der Waals surface area (Å²) in [4.78, 5) is 12.0. The van der Waals surface area contributed by atoms with Crippen LogP contribution in [-0.4, -0.2) is 33.1 Å². The van der Waals surface area contributed by atoms with Gasteiger partial charge in [0.05, 0.1) is 27.6 Å². The standard InChI is InChI=1S/C12H15ClN2O4S/c1-7-11(4-5-19-7)15-12(16)9-6-8(20(14,17)18)2-3-10(9)13/h2-3,6-7,11H,4-5H2,1H3,(H,15,16)(H2,14,17,18). The van der Waals surface area contributed by atoms with E-state index in [1.807, 2.05) is 6.92 Å². The van der Waals surface area contributed by atoms with Gasteiger partial charge in [0.2, 0.25) is 10.0 Å². The summed E-state index contributed by atoms with van der Waals surface area (Å²) in [5.41, 5.74) is 0.0808. The zero-order chi connectivity index (χ0) is 14.9. The molecule has 1 fully saturated rings. The number of nitrogens with two attached hydrogens (primary N) is 1. The number of halogens is 1. The van der Waals surface area contributed by atoms with Crippen molar-refractivity contribution in [1.82, 2.24) is 5.32 Å². The van der Waals surface area contributed by atoms with Gasteiger partial charge in [-0.15, -0.1) is 0 Å². The number of benzene rings is 1. The van der Waals surface area contributed by atoms with Crippen LogP contribution in [0.1, 0.15) is 23.7 Å². The fraction of sp³-hybridized carbons (Fsp3) is 0.417. The quantitative estimate of drug-likeness (QED) is 0.864. The number of hydrogen-bond donors (Lipinski definition) is 2. The molecule has 0 aliphatic carbocycles. The first-order valence-corrected chi connectivity index (χ1v) is 7.96. The second-order valence-electron chi connectivity index (χ2n) is 4.63. The molecule has 1 aliphatic rings. The van der Waals surface area contributed by atoms with E-state index >= 15 is 0 Å². The van der Waals surface area contributed by atoms with Crippen molar-refractivity contribution in [3.63, 3.8) is 0 Å². The van der Waals surface area contributed by atoms with E-state index in [1.165, 1.54) is 18.2 Å². The highest BCUT2D eigenvalue weighted by atomic mass is 35.5. The van der Waals surface area contributed by atoms with E-state index in [0.717, 1.165) is 0 Å². The Morgan fingerprint density at radius 2 is 2.20 bits per heavy atom. The molecular formula is C12H15ClN2O4S. The van der Waals surface area contributed by atoms with Crippen molar-refractivity contribution in [2.24, 2.45) is 5.14 Å². The van der Waals surface area contributed by atoms with E-state index in [0.29, 0.717) is 13.0 Å². The molecule has 1 aliphatic heterocycles. The summed E-state index contributed by atoms with van der Waals surface area (Å²) in [6.45, 7) is 2.44. The third-order valence-electron chi connectivity index (χ3n) is 3.20. The van der Waals surface area contributed by atoms with Crippen molar-refractivity contribution in [2.45, 2.75) is 30.4 Å². The van der Waals surface area contributed by atoms with Gasteiger partial charge in [0.25, 0.3) is 5.91 Å². The van der Waals surface area contributed by atoms with E-state index in [9.17, 15) is 13.2 Å². The molecular weight excluding hydrogens is 304 g/mol. The second-order valence-corrected chi connectivity index (χ2v) is 6.60. The lowest BCUT2D eigenvalue weighted by Gasteiger charge is -2.16. The first kappa shape index (κ1) is 15.2. The Bertz CT molecular complexity index is 632. The fourth-order valence-electron chi connectivity index (χ4n) is 2.02. The van der Waals surface area contributed by atoms with E-state index in [1.54, 1.807) is 0 Å². The summed E-state index contributed by atoms with van der Waals surface area (Å²) in [5, 5.41) is 7.99. The lowest BCUT2D eigenvalue weighted by atomic mass is 10.1. The summed E-state index contributed by atoms with van der Waals surface area (Å²) in [6.07, 6.45) is 0.624. The number of ether oxygens (including phenoxy) is 1. The minimum absolute atomic E-state index is 0.0808. The summed E-state index contributed by atoms with van der Waals surface area (Å²) < 4.78 is 27.9. The molecule has 0 radical (unpaired) electrons. The number of carbonyl (C=O) groups is 1. The molecule has 3 N–H and O–H groups in total. The molecule has 0 spiro atoms. The summed E-state index contributed by atoms with van der Waals surface area (Å²) in [6, 6.07) is 3.66. The zero-order valence-corrected chi connectivity index (χ0v) is 12.4. The first-order valence-electron chi connectivity index (χ1n) is 6.04.